The maximum absolute atomic E-state index is 4.07. The largest absolute Gasteiger partial charge is 0.381 e. The molecule has 5 rings (SSSR count). The van der Waals surface area contributed by atoms with Gasteiger partial charge in [-0.25, -0.2) is 0 Å². The van der Waals surface area contributed by atoms with Gasteiger partial charge < -0.3 is 5.32 Å². The van der Waals surface area contributed by atoms with Crippen LogP contribution in [-0.4, -0.2) is 10.2 Å². The van der Waals surface area contributed by atoms with Crippen molar-refractivity contribution in [3.8, 4) is 11.1 Å². The van der Waals surface area contributed by atoms with Crippen LogP contribution in [0.1, 0.15) is 16.7 Å². The number of benzene rings is 3. The topological polar surface area (TPSA) is 40.7 Å². The Labute approximate surface area is 140 Å². The van der Waals surface area contributed by atoms with Crippen molar-refractivity contribution in [1.82, 2.24) is 10.2 Å². The number of rotatable bonds is 3. The highest BCUT2D eigenvalue weighted by Gasteiger charge is 2.17. The van der Waals surface area contributed by atoms with E-state index < -0.39 is 0 Å². The van der Waals surface area contributed by atoms with E-state index in [2.05, 4.69) is 76.2 Å². The SMILES string of the molecule is c1ccc2c(c1)Cc1cc(CNc3ccc4[nH]ncc4c3)ccc1-2. The minimum absolute atomic E-state index is 0.826. The maximum atomic E-state index is 4.07. The molecule has 24 heavy (non-hydrogen) atoms. The first-order valence-corrected chi connectivity index (χ1v) is 8.24. The van der Waals surface area contributed by atoms with Crippen molar-refractivity contribution in [1.29, 1.82) is 0 Å². The van der Waals surface area contributed by atoms with Crippen LogP contribution >= 0.6 is 0 Å². The number of hydrogen-bond donors (Lipinski definition) is 2. The molecule has 0 spiro atoms. The number of aromatic amines is 1. The van der Waals surface area contributed by atoms with Gasteiger partial charge in [-0.2, -0.15) is 5.10 Å². The maximum Gasteiger partial charge on any atom is 0.0651 e. The predicted octanol–water partition coefficient (Wildman–Crippen LogP) is 4.75. The van der Waals surface area contributed by atoms with E-state index in [1.54, 1.807) is 0 Å². The smallest absolute Gasteiger partial charge is 0.0651 e. The molecule has 0 radical (unpaired) electrons. The highest BCUT2D eigenvalue weighted by atomic mass is 15.1. The van der Waals surface area contributed by atoms with Crippen LogP contribution in [0.5, 0.6) is 0 Å². The molecular formula is C21H17N3. The Bertz CT molecular complexity index is 1050. The Hall–Kier alpha value is -3.07. The molecule has 0 amide bonds. The molecule has 116 valence electrons. The normalized spacial score (nSPS) is 12.2. The van der Waals surface area contributed by atoms with Gasteiger partial charge in [0.05, 0.1) is 11.7 Å². The summed E-state index contributed by atoms with van der Waals surface area (Å²) >= 11 is 0. The van der Waals surface area contributed by atoms with Gasteiger partial charge in [0.15, 0.2) is 0 Å². The van der Waals surface area contributed by atoms with E-state index in [0.29, 0.717) is 0 Å². The monoisotopic (exact) mass is 311 g/mol. The second-order valence-corrected chi connectivity index (χ2v) is 6.35. The zero-order chi connectivity index (χ0) is 15.9. The van der Waals surface area contributed by atoms with Gasteiger partial charge in [0.2, 0.25) is 0 Å². The Kier molecular flexibility index (Phi) is 2.92. The van der Waals surface area contributed by atoms with E-state index in [-0.39, 0.29) is 0 Å². The number of aromatic nitrogens is 2. The first-order chi connectivity index (χ1) is 11.9. The Morgan fingerprint density at radius 1 is 0.917 bits per heavy atom. The molecule has 0 atom stereocenters. The molecule has 3 heteroatoms. The summed E-state index contributed by atoms with van der Waals surface area (Å²) in [7, 11) is 0. The van der Waals surface area contributed by atoms with Crippen LogP contribution in [0.3, 0.4) is 0 Å². The highest BCUT2D eigenvalue weighted by molar-refractivity contribution is 5.81. The molecule has 3 nitrogen and oxygen atoms in total. The van der Waals surface area contributed by atoms with Crippen molar-refractivity contribution in [3.05, 3.63) is 83.6 Å². The molecule has 4 aromatic rings. The van der Waals surface area contributed by atoms with E-state index in [4.69, 9.17) is 0 Å². The van der Waals surface area contributed by atoms with Gasteiger partial charge in [-0.3, -0.25) is 5.10 Å². The zero-order valence-corrected chi connectivity index (χ0v) is 13.2. The van der Waals surface area contributed by atoms with Gasteiger partial charge in [-0.05, 0) is 52.4 Å². The van der Waals surface area contributed by atoms with E-state index in [0.717, 1.165) is 29.6 Å². The van der Waals surface area contributed by atoms with Crippen LogP contribution in [-0.2, 0) is 13.0 Å². The molecule has 0 saturated heterocycles. The highest BCUT2D eigenvalue weighted by Crippen LogP contribution is 2.36. The number of nitrogens with zero attached hydrogens (tertiary/aromatic N) is 1. The standard InChI is InChI=1S/C21H17N3/c1-2-4-19-15(3-1)10-16-9-14(5-7-20(16)19)12-22-18-6-8-21-17(11-18)13-23-24-21/h1-9,11,13,22H,10,12H2,(H,23,24). The van der Waals surface area contributed by atoms with Crippen molar-refractivity contribution in [3.63, 3.8) is 0 Å². The fraction of sp³-hybridized carbons (Fsp3) is 0.0952. The Morgan fingerprint density at radius 2 is 1.83 bits per heavy atom. The lowest BCUT2D eigenvalue weighted by atomic mass is 10.0. The van der Waals surface area contributed by atoms with Crippen molar-refractivity contribution >= 4 is 16.6 Å². The summed E-state index contributed by atoms with van der Waals surface area (Å²) in [4.78, 5) is 0. The van der Waals surface area contributed by atoms with Crippen molar-refractivity contribution < 1.29 is 0 Å². The summed E-state index contributed by atoms with van der Waals surface area (Å²) in [6.07, 6.45) is 2.90. The summed E-state index contributed by atoms with van der Waals surface area (Å²) in [6, 6.07) is 21.8. The van der Waals surface area contributed by atoms with Crippen LogP contribution in [0.25, 0.3) is 22.0 Å². The van der Waals surface area contributed by atoms with Crippen molar-refractivity contribution in [2.45, 2.75) is 13.0 Å². The lowest BCUT2D eigenvalue weighted by Gasteiger charge is -2.09. The second-order valence-electron chi connectivity index (χ2n) is 6.35. The third-order valence-corrected chi connectivity index (χ3v) is 4.79. The lowest BCUT2D eigenvalue weighted by Crippen LogP contribution is -1.99. The van der Waals surface area contributed by atoms with E-state index in [9.17, 15) is 0 Å². The molecule has 0 fully saturated rings. The third kappa shape index (κ3) is 2.17. The molecule has 0 bridgehead atoms. The number of nitrogens with one attached hydrogen (secondary N) is 2. The van der Waals surface area contributed by atoms with Gasteiger partial charge in [-0.15, -0.1) is 0 Å². The van der Waals surface area contributed by atoms with Crippen LogP contribution in [0.15, 0.2) is 66.9 Å². The minimum Gasteiger partial charge on any atom is -0.381 e. The molecule has 0 aliphatic heterocycles. The summed E-state index contributed by atoms with van der Waals surface area (Å²) in [5, 5.41) is 11.7. The van der Waals surface area contributed by atoms with Gasteiger partial charge in [0.1, 0.15) is 0 Å². The Balaban J connectivity index is 1.38. The summed E-state index contributed by atoms with van der Waals surface area (Å²) in [6.45, 7) is 0.826. The van der Waals surface area contributed by atoms with Gasteiger partial charge >= 0.3 is 0 Å². The van der Waals surface area contributed by atoms with E-state index >= 15 is 0 Å². The molecular weight excluding hydrogens is 294 g/mol. The fourth-order valence-electron chi connectivity index (χ4n) is 3.57. The second kappa shape index (κ2) is 5.24. The summed E-state index contributed by atoms with van der Waals surface area (Å²) in [5.74, 6) is 0. The van der Waals surface area contributed by atoms with Crippen LogP contribution < -0.4 is 5.32 Å². The molecule has 1 aromatic heterocycles. The Morgan fingerprint density at radius 3 is 2.83 bits per heavy atom. The van der Waals surface area contributed by atoms with E-state index in [1.807, 2.05) is 6.20 Å². The van der Waals surface area contributed by atoms with Gasteiger partial charge in [0, 0.05) is 17.6 Å². The molecule has 3 aromatic carbocycles. The molecule has 1 aliphatic rings. The quantitative estimate of drug-likeness (QED) is 0.505. The molecule has 1 aliphatic carbocycles. The fourth-order valence-corrected chi connectivity index (χ4v) is 3.57. The van der Waals surface area contributed by atoms with Crippen LogP contribution in [0.2, 0.25) is 0 Å². The molecule has 0 unspecified atom stereocenters. The molecule has 0 saturated carbocycles. The lowest BCUT2D eigenvalue weighted by molar-refractivity contribution is 1.12. The van der Waals surface area contributed by atoms with Gasteiger partial charge in [-0.1, -0.05) is 42.5 Å². The average Bonchev–Trinajstić information content (AvgIpc) is 3.23. The van der Waals surface area contributed by atoms with Crippen molar-refractivity contribution in [2.24, 2.45) is 0 Å². The first kappa shape index (κ1) is 13.4. The van der Waals surface area contributed by atoms with Crippen LogP contribution in [0.4, 0.5) is 5.69 Å². The summed E-state index contributed by atoms with van der Waals surface area (Å²) in [5.41, 5.74) is 9.13. The van der Waals surface area contributed by atoms with Crippen molar-refractivity contribution in [2.75, 3.05) is 5.32 Å². The minimum atomic E-state index is 0.826. The zero-order valence-electron chi connectivity index (χ0n) is 13.2. The summed E-state index contributed by atoms with van der Waals surface area (Å²) < 4.78 is 0. The van der Waals surface area contributed by atoms with E-state index in [1.165, 1.54) is 27.8 Å². The number of fused-ring (bicyclic) bond motifs is 4. The predicted molar refractivity (Wildman–Crippen MR) is 98.1 cm³/mol. The van der Waals surface area contributed by atoms with Crippen LogP contribution in [0, 0.1) is 0 Å². The number of anilines is 1. The molecule has 1 heterocycles. The first-order valence-electron chi connectivity index (χ1n) is 8.24. The number of H-pyrrole nitrogens is 1. The molecule has 2 N–H and O–H groups in total. The number of hydrogen-bond acceptors (Lipinski definition) is 2. The van der Waals surface area contributed by atoms with Gasteiger partial charge in [0.25, 0.3) is 0 Å². The average molecular weight is 311 g/mol. The third-order valence-electron chi connectivity index (χ3n) is 4.79.